The third kappa shape index (κ3) is 6.98. The molecule has 198 valence electrons. The molecule has 0 bridgehead atoms. The van der Waals surface area contributed by atoms with E-state index in [1.165, 1.54) is 0 Å². The van der Waals surface area contributed by atoms with E-state index in [1.54, 1.807) is 29.5 Å². The van der Waals surface area contributed by atoms with Gasteiger partial charge in [0.15, 0.2) is 0 Å². The molecule has 0 saturated heterocycles. The summed E-state index contributed by atoms with van der Waals surface area (Å²) in [5.74, 6) is 0.408. The van der Waals surface area contributed by atoms with Crippen molar-refractivity contribution in [2.45, 2.75) is 39.3 Å². The summed E-state index contributed by atoms with van der Waals surface area (Å²) in [6, 6.07) is 17.0. The zero-order valence-electron chi connectivity index (χ0n) is 22.0. The van der Waals surface area contributed by atoms with Crippen LogP contribution in [0.15, 0.2) is 66.3 Å². The second kappa shape index (κ2) is 12.4. The van der Waals surface area contributed by atoms with Gasteiger partial charge in [-0.3, -0.25) is 9.69 Å². The van der Waals surface area contributed by atoms with Gasteiger partial charge < -0.3 is 21.3 Å². The maximum Gasteiger partial charge on any atom is 0.321 e. The molecule has 0 radical (unpaired) electrons. The summed E-state index contributed by atoms with van der Waals surface area (Å²) in [4.78, 5) is 35.9. The molecule has 0 spiro atoms. The number of nitrogens with one attached hydrogen (secondary N) is 4. The number of nitrogens with zero attached hydrogens (tertiary/aromatic N) is 3. The van der Waals surface area contributed by atoms with Gasteiger partial charge in [-0.25, -0.2) is 14.8 Å². The minimum Gasteiger partial charge on any atom is -0.382 e. The first-order valence-corrected chi connectivity index (χ1v) is 13.4. The number of carbonyl (C=O) groups excluding carboxylic acids is 2. The van der Waals surface area contributed by atoms with Crippen LogP contribution < -0.4 is 26.2 Å². The molecule has 2 aromatic heterocycles. The first-order valence-electron chi connectivity index (χ1n) is 12.5. The van der Waals surface area contributed by atoms with Crippen molar-refractivity contribution in [3.63, 3.8) is 0 Å². The summed E-state index contributed by atoms with van der Waals surface area (Å²) in [6.07, 6.45) is 2.16. The Morgan fingerprint density at radius 3 is 2.58 bits per heavy atom. The number of rotatable bonds is 10. The molecule has 1 unspecified atom stereocenters. The van der Waals surface area contributed by atoms with Crippen molar-refractivity contribution in [3.8, 4) is 0 Å². The van der Waals surface area contributed by atoms with Gasteiger partial charge >= 0.3 is 6.03 Å². The number of fused-ring (bicyclic) bond motifs is 1. The lowest BCUT2D eigenvalue weighted by Gasteiger charge is -2.21. The predicted octanol–water partition coefficient (Wildman–Crippen LogP) is 5.61. The Bertz CT molecular complexity index is 1390. The van der Waals surface area contributed by atoms with Crippen molar-refractivity contribution < 1.29 is 9.59 Å². The Morgan fingerprint density at radius 1 is 1.03 bits per heavy atom. The minimum atomic E-state index is -0.224. The van der Waals surface area contributed by atoms with Gasteiger partial charge in [-0.15, -0.1) is 11.3 Å². The summed E-state index contributed by atoms with van der Waals surface area (Å²) < 4.78 is 1.09. The number of para-hydroxylation sites is 1. The van der Waals surface area contributed by atoms with Crippen molar-refractivity contribution in [1.82, 2.24) is 20.6 Å². The molecule has 2 heterocycles. The quantitative estimate of drug-likeness (QED) is 0.212. The maximum atomic E-state index is 13.0. The average molecular weight is 532 g/mol. The topological polar surface area (TPSA) is 111 Å². The third-order valence-electron chi connectivity index (χ3n) is 5.88. The summed E-state index contributed by atoms with van der Waals surface area (Å²) in [5, 5.41) is 12.6. The summed E-state index contributed by atoms with van der Waals surface area (Å²) in [6.45, 7) is 6.36. The number of hydrogen-bond donors (Lipinski definition) is 4. The second-order valence-electron chi connectivity index (χ2n) is 9.36. The monoisotopic (exact) mass is 531 g/mol. The van der Waals surface area contributed by atoms with Crippen LogP contribution in [0.5, 0.6) is 0 Å². The highest BCUT2D eigenvalue weighted by Crippen LogP contribution is 2.26. The van der Waals surface area contributed by atoms with Crippen LogP contribution in [0.2, 0.25) is 0 Å². The highest BCUT2D eigenvalue weighted by atomic mass is 32.1. The molecule has 0 aliphatic heterocycles. The fourth-order valence-electron chi connectivity index (χ4n) is 3.86. The zero-order valence-corrected chi connectivity index (χ0v) is 22.8. The van der Waals surface area contributed by atoms with Crippen molar-refractivity contribution in [2.75, 3.05) is 29.1 Å². The highest BCUT2D eigenvalue weighted by molar-refractivity contribution is 7.16. The Morgan fingerprint density at radius 2 is 1.82 bits per heavy atom. The number of pyridine rings is 1. The third-order valence-corrected chi connectivity index (χ3v) is 6.67. The molecule has 4 aromatic rings. The fraction of sp³-hybridized carbons (Fsp3) is 0.286. The lowest BCUT2D eigenvalue weighted by molar-refractivity contribution is 0.0953. The van der Waals surface area contributed by atoms with E-state index in [9.17, 15) is 9.59 Å². The number of aromatic nitrogens is 2. The van der Waals surface area contributed by atoms with Crippen molar-refractivity contribution in [1.29, 1.82) is 0 Å². The molecule has 4 rings (SSSR count). The molecule has 9 nitrogen and oxygen atoms in total. The van der Waals surface area contributed by atoms with Crippen LogP contribution in [0.4, 0.5) is 27.7 Å². The van der Waals surface area contributed by atoms with Crippen LogP contribution in [-0.4, -0.2) is 47.6 Å². The molecular formula is C28H33N7O2S. The summed E-state index contributed by atoms with van der Waals surface area (Å²) in [7, 11) is 1.73. The van der Waals surface area contributed by atoms with E-state index >= 15 is 0 Å². The van der Waals surface area contributed by atoms with Gasteiger partial charge in [0.05, 0.1) is 27.0 Å². The molecule has 0 fully saturated rings. The molecular weight excluding hydrogens is 498 g/mol. The molecule has 1 atom stereocenters. The summed E-state index contributed by atoms with van der Waals surface area (Å²) in [5.41, 5.74) is 5.64. The SMILES string of the molecule is CC(C)Nc1cc(Nc2ccc3ncsc3c2)ncc1C(=O)NCCC(C)NC(=O)N(C)c1ccccc1. The smallest absolute Gasteiger partial charge is 0.321 e. The molecule has 38 heavy (non-hydrogen) atoms. The van der Waals surface area contributed by atoms with Gasteiger partial charge in [0, 0.05) is 49.3 Å². The number of carbonyl (C=O) groups is 2. The number of amides is 3. The van der Waals surface area contributed by atoms with Crippen LogP contribution in [0.25, 0.3) is 10.2 Å². The van der Waals surface area contributed by atoms with Crippen molar-refractivity contribution in [2.24, 2.45) is 0 Å². The Labute approximate surface area is 226 Å². The van der Waals surface area contributed by atoms with E-state index in [2.05, 4.69) is 31.2 Å². The Balaban J connectivity index is 1.34. The molecule has 0 saturated carbocycles. The van der Waals surface area contributed by atoms with E-state index in [4.69, 9.17) is 0 Å². The zero-order chi connectivity index (χ0) is 27.1. The number of hydrogen-bond acceptors (Lipinski definition) is 7. The van der Waals surface area contributed by atoms with Crippen LogP contribution in [-0.2, 0) is 0 Å². The first kappa shape index (κ1) is 26.9. The van der Waals surface area contributed by atoms with E-state index in [0.717, 1.165) is 21.6 Å². The van der Waals surface area contributed by atoms with Gasteiger partial charge in [-0.1, -0.05) is 18.2 Å². The normalized spacial score (nSPS) is 11.7. The van der Waals surface area contributed by atoms with Gasteiger partial charge in [-0.2, -0.15) is 0 Å². The largest absolute Gasteiger partial charge is 0.382 e. The highest BCUT2D eigenvalue weighted by Gasteiger charge is 2.16. The van der Waals surface area contributed by atoms with Crippen LogP contribution >= 0.6 is 11.3 Å². The van der Waals surface area contributed by atoms with Crippen LogP contribution in [0.1, 0.15) is 37.6 Å². The Kier molecular flexibility index (Phi) is 8.75. The van der Waals surface area contributed by atoms with E-state index in [1.807, 2.05) is 80.9 Å². The second-order valence-corrected chi connectivity index (χ2v) is 10.3. The molecule has 2 aromatic carbocycles. The predicted molar refractivity (Wildman–Crippen MR) is 156 cm³/mol. The van der Waals surface area contributed by atoms with Crippen molar-refractivity contribution >= 4 is 56.4 Å². The molecule has 10 heteroatoms. The molecule has 0 aliphatic rings. The van der Waals surface area contributed by atoms with Crippen LogP contribution in [0, 0.1) is 0 Å². The van der Waals surface area contributed by atoms with E-state index in [0.29, 0.717) is 30.0 Å². The number of anilines is 4. The van der Waals surface area contributed by atoms with E-state index in [-0.39, 0.29) is 24.0 Å². The first-order chi connectivity index (χ1) is 18.3. The van der Waals surface area contributed by atoms with Crippen molar-refractivity contribution in [3.05, 3.63) is 71.9 Å². The van der Waals surface area contributed by atoms with E-state index < -0.39 is 0 Å². The van der Waals surface area contributed by atoms with Gasteiger partial charge in [0.1, 0.15) is 5.82 Å². The lowest BCUT2D eigenvalue weighted by Crippen LogP contribution is -2.43. The fourth-order valence-corrected chi connectivity index (χ4v) is 4.58. The Hall–Kier alpha value is -4.18. The molecule has 0 aliphatic carbocycles. The summed E-state index contributed by atoms with van der Waals surface area (Å²) >= 11 is 1.58. The van der Waals surface area contributed by atoms with Gasteiger partial charge in [0.25, 0.3) is 5.91 Å². The lowest BCUT2D eigenvalue weighted by atomic mass is 10.1. The maximum absolute atomic E-state index is 13.0. The van der Waals surface area contributed by atoms with Gasteiger partial charge in [0.2, 0.25) is 0 Å². The molecule has 4 N–H and O–H groups in total. The standard InChI is InChI=1S/C28H33N7O2S/c1-18(2)32-24-15-26(34-20-10-11-23-25(14-20)38-17-31-23)30-16-22(24)27(36)29-13-12-19(3)33-28(37)35(4)21-8-6-5-7-9-21/h5-11,14-19H,12-13H2,1-4H3,(H,29,36)(H,33,37)(H2,30,32,34). The number of benzene rings is 2. The minimum absolute atomic E-state index is 0.122. The average Bonchev–Trinajstić information content (AvgIpc) is 3.36. The molecule has 3 amide bonds. The van der Waals surface area contributed by atoms with Gasteiger partial charge in [-0.05, 0) is 57.5 Å². The number of thiazole rings is 1. The number of urea groups is 1. The van der Waals surface area contributed by atoms with Crippen LogP contribution in [0.3, 0.4) is 0 Å².